The first-order chi connectivity index (χ1) is 26.2. The lowest BCUT2D eigenvalue weighted by Gasteiger charge is -2.11. The van der Waals surface area contributed by atoms with Crippen molar-refractivity contribution < 1.29 is 4.42 Å². The van der Waals surface area contributed by atoms with E-state index in [4.69, 9.17) is 24.4 Å². The van der Waals surface area contributed by atoms with Crippen molar-refractivity contribution in [2.75, 3.05) is 0 Å². The van der Waals surface area contributed by atoms with Gasteiger partial charge >= 0.3 is 0 Å². The Labute approximate surface area is 307 Å². The maximum absolute atomic E-state index is 6.27. The number of thiophene rings is 1. The molecule has 248 valence electrons. The number of hydrogen-bond acceptors (Lipinski definition) is 6. The summed E-state index contributed by atoms with van der Waals surface area (Å²) in [5.41, 5.74) is 8.52. The van der Waals surface area contributed by atoms with Crippen LogP contribution in [0, 0.1) is 0 Å². The number of aromatic nitrogens is 5. The van der Waals surface area contributed by atoms with Gasteiger partial charge in [0.05, 0.1) is 11.0 Å². The van der Waals surface area contributed by atoms with E-state index in [2.05, 4.69) is 102 Å². The van der Waals surface area contributed by atoms with Gasteiger partial charge in [0.2, 0.25) is 0 Å². The lowest BCUT2D eigenvalue weighted by atomic mass is 10.0. The predicted octanol–water partition coefficient (Wildman–Crippen LogP) is 12.1. The molecule has 11 aromatic rings. The minimum Gasteiger partial charge on any atom is -0.456 e. The lowest BCUT2D eigenvalue weighted by Crippen LogP contribution is -2.00. The molecule has 4 aromatic heterocycles. The van der Waals surface area contributed by atoms with Gasteiger partial charge in [-0.2, -0.15) is 0 Å². The molecule has 0 atom stereocenters. The summed E-state index contributed by atoms with van der Waals surface area (Å²) in [4.78, 5) is 20.5. The second-order valence-electron chi connectivity index (χ2n) is 13.1. The van der Waals surface area contributed by atoms with E-state index in [1.54, 1.807) is 11.3 Å². The lowest BCUT2D eigenvalue weighted by molar-refractivity contribution is 0.669. The highest BCUT2D eigenvalue weighted by Crippen LogP contribution is 2.42. The van der Waals surface area contributed by atoms with Crippen molar-refractivity contribution in [1.82, 2.24) is 24.5 Å². The smallest absolute Gasteiger partial charge is 0.164 e. The molecule has 0 aliphatic carbocycles. The van der Waals surface area contributed by atoms with Crippen LogP contribution < -0.4 is 0 Å². The number of furan rings is 1. The molecule has 4 heterocycles. The molecule has 0 bridgehead atoms. The van der Waals surface area contributed by atoms with Crippen LogP contribution in [0.3, 0.4) is 0 Å². The van der Waals surface area contributed by atoms with Crippen molar-refractivity contribution in [1.29, 1.82) is 0 Å². The van der Waals surface area contributed by atoms with Crippen LogP contribution in [0.4, 0.5) is 0 Å². The zero-order valence-electron chi connectivity index (χ0n) is 28.1. The number of para-hydroxylation sites is 4. The Balaban J connectivity index is 1.13. The normalized spacial score (nSPS) is 11.8. The predicted molar refractivity (Wildman–Crippen MR) is 216 cm³/mol. The average Bonchev–Trinajstić information content (AvgIpc) is 3.92. The number of rotatable bonds is 5. The molecule has 7 heteroatoms. The first-order valence-electron chi connectivity index (χ1n) is 17.5. The van der Waals surface area contributed by atoms with Crippen LogP contribution in [0.1, 0.15) is 0 Å². The van der Waals surface area contributed by atoms with Gasteiger partial charge in [-0.3, -0.25) is 4.57 Å². The quantitative estimate of drug-likeness (QED) is 0.179. The van der Waals surface area contributed by atoms with E-state index in [-0.39, 0.29) is 0 Å². The van der Waals surface area contributed by atoms with Crippen molar-refractivity contribution >= 4 is 64.5 Å². The number of fused-ring (bicyclic) bond motifs is 7. The van der Waals surface area contributed by atoms with Crippen LogP contribution in [0.15, 0.2) is 168 Å². The second-order valence-corrected chi connectivity index (χ2v) is 14.2. The Hall–Kier alpha value is -6.96. The van der Waals surface area contributed by atoms with Crippen LogP contribution in [-0.4, -0.2) is 24.5 Å². The van der Waals surface area contributed by atoms with Gasteiger partial charge in [-0.05, 0) is 66.7 Å². The summed E-state index contributed by atoms with van der Waals surface area (Å²) in [5, 5.41) is 4.40. The fraction of sp³-hybridized carbons (Fsp3) is 0. The van der Waals surface area contributed by atoms with Gasteiger partial charge in [-0.1, -0.05) is 97.1 Å². The minimum absolute atomic E-state index is 0.588. The van der Waals surface area contributed by atoms with Crippen molar-refractivity contribution in [3.63, 3.8) is 0 Å². The van der Waals surface area contributed by atoms with Crippen LogP contribution in [0.5, 0.6) is 0 Å². The van der Waals surface area contributed by atoms with Crippen molar-refractivity contribution in [2.45, 2.75) is 0 Å². The van der Waals surface area contributed by atoms with Crippen molar-refractivity contribution in [3.8, 4) is 51.2 Å². The van der Waals surface area contributed by atoms with E-state index in [0.717, 1.165) is 82.2 Å². The first kappa shape index (κ1) is 29.7. The molecule has 0 unspecified atom stereocenters. The summed E-state index contributed by atoms with van der Waals surface area (Å²) in [5.74, 6) is 2.71. The monoisotopic (exact) mass is 697 g/mol. The minimum atomic E-state index is 0.588. The molecule has 7 aromatic carbocycles. The molecule has 0 saturated heterocycles. The summed E-state index contributed by atoms with van der Waals surface area (Å²) in [6.07, 6.45) is 0. The largest absolute Gasteiger partial charge is 0.456 e. The Morgan fingerprint density at radius 3 is 2.06 bits per heavy atom. The van der Waals surface area contributed by atoms with Crippen LogP contribution >= 0.6 is 11.3 Å². The van der Waals surface area contributed by atoms with Crippen molar-refractivity contribution in [2.24, 2.45) is 0 Å². The van der Waals surface area contributed by atoms with Gasteiger partial charge in [0.25, 0.3) is 0 Å². The number of nitrogens with zero attached hydrogens (tertiary/aromatic N) is 5. The Morgan fingerprint density at radius 1 is 0.453 bits per heavy atom. The highest BCUT2D eigenvalue weighted by Gasteiger charge is 2.20. The number of hydrogen-bond donors (Lipinski definition) is 0. The maximum atomic E-state index is 6.27. The summed E-state index contributed by atoms with van der Waals surface area (Å²) in [7, 11) is 0. The third kappa shape index (κ3) is 4.86. The fourth-order valence-electron chi connectivity index (χ4n) is 7.42. The Bertz CT molecular complexity index is 3180. The molecule has 6 nitrogen and oxygen atoms in total. The SMILES string of the molecule is c1ccc(-c2nc(-c3ccc4c(c3)oc3ccccc34)nc(-c3cccc4sc5ccc(-c6nc7ccccc7n6-c6ccccc6)cc5c34)n2)cc1. The molecular weight excluding hydrogens is 671 g/mol. The number of benzene rings is 7. The van der Waals surface area contributed by atoms with E-state index in [1.807, 2.05) is 66.7 Å². The summed E-state index contributed by atoms with van der Waals surface area (Å²) in [6, 6.07) is 56.2. The van der Waals surface area contributed by atoms with Gasteiger partial charge in [0, 0.05) is 58.9 Å². The molecule has 0 saturated carbocycles. The Kier molecular flexibility index (Phi) is 6.62. The highest BCUT2D eigenvalue weighted by molar-refractivity contribution is 7.26. The number of imidazole rings is 1. The molecule has 0 fully saturated rings. The third-order valence-electron chi connectivity index (χ3n) is 9.87. The molecule has 0 N–H and O–H groups in total. The second kappa shape index (κ2) is 11.8. The standard InChI is InChI=1S/C46H27N5OS/c1-3-12-28(13-4-1)43-48-44(29-22-24-33-32-16-7-10-20-38(32)52-39(33)27-29)50-45(49-43)34-17-11-21-41-42(34)35-26-30(23-25-40(35)53-41)46-47-36-18-8-9-19-37(36)51(46)31-14-5-2-6-15-31/h1-27H. The van der Waals surface area contributed by atoms with Crippen LogP contribution in [0.2, 0.25) is 0 Å². The van der Waals surface area contributed by atoms with Gasteiger partial charge in [-0.15, -0.1) is 11.3 Å². The van der Waals surface area contributed by atoms with E-state index in [9.17, 15) is 0 Å². The van der Waals surface area contributed by atoms with Gasteiger partial charge in [0.15, 0.2) is 17.5 Å². The van der Waals surface area contributed by atoms with Crippen LogP contribution in [-0.2, 0) is 0 Å². The van der Waals surface area contributed by atoms with E-state index in [1.165, 1.54) is 4.70 Å². The average molecular weight is 698 g/mol. The summed E-state index contributed by atoms with van der Waals surface area (Å²) < 4.78 is 10.9. The van der Waals surface area contributed by atoms with E-state index < -0.39 is 0 Å². The van der Waals surface area contributed by atoms with Gasteiger partial charge in [0.1, 0.15) is 17.0 Å². The zero-order valence-corrected chi connectivity index (χ0v) is 29.0. The molecular formula is C46H27N5OS. The Morgan fingerprint density at radius 2 is 1.17 bits per heavy atom. The van der Waals surface area contributed by atoms with Crippen molar-refractivity contribution in [3.05, 3.63) is 164 Å². The molecule has 11 rings (SSSR count). The molecule has 53 heavy (non-hydrogen) atoms. The molecule has 0 aliphatic rings. The van der Waals surface area contributed by atoms with Gasteiger partial charge < -0.3 is 4.42 Å². The molecule has 0 radical (unpaired) electrons. The fourth-order valence-corrected chi connectivity index (χ4v) is 8.53. The molecule has 0 amide bonds. The first-order valence-corrected chi connectivity index (χ1v) is 18.3. The summed E-state index contributed by atoms with van der Waals surface area (Å²) in [6.45, 7) is 0. The van der Waals surface area contributed by atoms with E-state index in [0.29, 0.717) is 17.5 Å². The zero-order chi connectivity index (χ0) is 34.9. The summed E-state index contributed by atoms with van der Waals surface area (Å²) >= 11 is 1.77. The van der Waals surface area contributed by atoms with E-state index >= 15 is 0 Å². The molecule has 0 spiro atoms. The van der Waals surface area contributed by atoms with Crippen LogP contribution in [0.25, 0.3) is 104 Å². The highest BCUT2D eigenvalue weighted by atomic mass is 32.1. The third-order valence-corrected chi connectivity index (χ3v) is 11.0. The molecule has 0 aliphatic heterocycles. The van der Waals surface area contributed by atoms with Gasteiger partial charge in [-0.25, -0.2) is 19.9 Å². The topological polar surface area (TPSA) is 69.6 Å². The maximum Gasteiger partial charge on any atom is 0.164 e.